The second-order valence-corrected chi connectivity index (χ2v) is 4.21. The molecule has 0 heterocycles. The molecule has 1 aromatic carbocycles. The van der Waals surface area contributed by atoms with Gasteiger partial charge in [0.25, 0.3) is 0 Å². The van der Waals surface area contributed by atoms with Gasteiger partial charge in [-0.15, -0.1) is 12.4 Å². The molecule has 0 radical (unpaired) electrons. The number of hydrogen-bond acceptors (Lipinski definition) is 2. The molecule has 0 unspecified atom stereocenters. The molecule has 0 aliphatic rings. The fourth-order valence-corrected chi connectivity index (χ4v) is 1.70. The van der Waals surface area contributed by atoms with E-state index in [4.69, 9.17) is 23.2 Å². The quantitative estimate of drug-likeness (QED) is 0.819. The summed E-state index contributed by atoms with van der Waals surface area (Å²) >= 11 is 11.7. The minimum Gasteiger partial charge on any atom is -0.355 e. The maximum absolute atomic E-state index is 11.5. The van der Waals surface area contributed by atoms with E-state index in [1.54, 1.807) is 18.2 Å². The van der Waals surface area contributed by atoms with Gasteiger partial charge in [0.1, 0.15) is 0 Å². The van der Waals surface area contributed by atoms with Gasteiger partial charge in [0.05, 0.1) is 6.42 Å². The van der Waals surface area contributed by atoms with Gasteiger partial charge in [-0.05, 0) is 24.7 Å². The maximum atomic E-state index is 11.5. The van der Waals surface area contributed by atoms with Crippen LogP contribution in [0.25, 0.3) is 0 Å². The number of amides is 1. The monoisotopic (exact) mass is 296 g/mol. The normalized spacial score (nSPS) is 9.59. The lowest BCUT2D eigenvalue weighted by atomic mass is 10.1. The highest BCUT2D eigenvalue weighted by Gasteiger charge is 2.06. The fourth-order valence-electron chi connectivity index (χ4n) is 1.23. The molecule has 0 aromatic heterocycles. The van der Waals surface area contributed by atoms with Gasteiger partial charge >= 0.3 is 0 Å². The first-order valence-corrected chi connectivity index (χ1v) is 5.74. The Bertz CT molecular complexity index is 372. The van der Waals surface area contributed by atoms with Gasteiger partial charge in [-0.25, -0.2) is 0 Å². The standard InChI is InChI=1S/C11H14Cl2N2O.ClH/c1-14-4-5-15-11(16)6-8-2-3-9(12)7-10(8)13;/h2-3,7,14H,4-6H2,1H3,(H,15,16);1H. The zero-order valence-corrected chi connectivity index (χ0v) is 11.8. The van der Waals surface area contributed by atoms with Crippen LogP contribution in [0.3, 0.4) is 0 Å². The first-order valence-electron chi connectivity index (χ1n) is 4.98. The van der Waals surface area contributed by atoms with Gasteiger partial charge in [-0.2, -0.15) is 0 Å². The number of nitrogens with one attached hydrogen (secondary N) is 2. The van der Waals surface area contributed by atoms with E-state index in [-0.39, 0.29) is 24.7 Å². The van der Waals surface area contributed by atoms with E-state index in [9.17, 15) is 4.79 Å². The van der Waals surface area contributed by atoms with Crippen LogP contribution in [0.4, 0.5) is 0 Å². The molecular weight excluding hydrogens is 282 g/mol. The Balaban J connectivity index is 0.00000256. The van der Waals surface area contributed by atoms with Crippen LogP contribution in [0, 0.1) is 0 Å². The molecule has 0 bridgehead atoms. The summed E-state index contributed by atoms with van der Waals surface area (Å²) in [4.78, 5) is 11.5. The van der Waals surface area contributed by atoms with E-state index >= 15 is 0 Å². The van der Waals surface area contributed by atoms with Gasteiger partial charge in [-0.1, -0.05) is 29.3 Å². The predicted octanol–water partition coefficient (Wildman–Crippen LogP) is 2.29. The molecule has 96 valence electrons. The molecule has 3 nitrogen and oxygen atoms in total. The number of likely N-dealkylation sites (N-methyl/N-ethyl adjacent to an activating group) is 1. The predicted molar refractivity (Wildman–Crippen MR) is 74.4 cm³/mol. The number of hydrogen-bond donors (Lipinski definition) is 2. The van der Waals surface area contributed by atoms with E-state index in [0.29, 0.717) is 16.6 Å². The number of halogens is 3. The first-order chi connectivity index (χ1) is 7.63. The molecule has 0 aliphatic heterocycles. The molecule has 17 heavy (non-hydrogen) atoms. The van der Waals surface area contributed by atoms with Crippen molar-refractivity contribution in [1.29, 1.82) is 0 Å². The first kappa shape index (κ1) is 16.5. The molecule has 0 aliphatic carbocycles. The molecule has 2 N–H and O–H groups in total. The van der Waals surface area contributed by atoms with Crippen molar-refractivity contribution < 1.29 is 4.79 Å². The largest absolute Gasteiger partial charge is 0.355 e. The topological polar surface area (TPSA) is 41.1 Å². The molecule has 1 amide bonds. The summed E-state index contributed by atoms with van der Waals surface area (Å²) in [5.41, 5.74) is 0.785. The van der Waals surface area contributed by atoms with Crippen LogP contribution in [0.15, 0.2) is 18.2 Å². The summed E-state index contributed by atoms with van der Waals surface area (Å²) in [5.74, 6) is -0.0422. The lowest BCUT2D eigenvalue weighted by Gasteiger charge is -2.06. The summed E-state index contributed by atoms with van der Waals surface area (Å²) in [6, 6.07) is 5.13. The van der Waals surface area contributed by atoms with Crippen LogP contribution in [-0.4, -0.2) is 26.0 Å². The minimum atomic E-state index is -0.0422. The Morgan fingerprint density at radius 2 is 2.00 bits per heavy atom. The fraction of sp³-hybridized carbons (Fsp3) is 0.364. The van der Waals surface area contributed by atoms with Crippen LogP contribution in [0.5, 0.6) is 0 Å². The third-order valence-corrected chi connectivity index (χ3v) is 2.65. The van der Waals surface area contributed by atoms with Gasteiger partial charge in [0.2, 0.25) is 5.91 Å². The summed E-state index contributed by atoms with van der Waals surface area (Å²) in [6.07, 6.45) is 0.277. The molecule has 1 aromatic rings. The number of carbonyl (C=O) groups is 1. The van der Waals surface area contributed by atoms with Crippen molar-refractivity contribution in [3.05, 3.63) is 33.8 Å². The Labute approximate surface area is 117 Å². The van der Waals surface area contributed by atoms with E-state index in [0.717, 1.165) is 12.1 Å². The van der Waals surface area contributed by atoms with Crippen LogP contribution in [-0.2, 0) is 11.2 Å². The molecule has 0 atom stereocenters. The van der Waals surface area contributed by atoms with Crippen molar-refractivity contribution in [2.45, 2.75) is 6.42 Å². The average molecular weight is 298 g/mol. The average Bonchev–Trinajstić information content (AvgIpc) is 2.23. The molecule has 0 fully saturated rings. The van der Waals surface area contributed by atoms with Gasteiger partial charge in [0.15, 0.2) is 0 Å². The number of benzene rings is 1. The second kappa shape index (κ2) is 8.59. The van der Waals surface area contributed by atoms with Crippen LogP contribution in [0.2, 0.25) is 10.0 Å². The van der Waals surface area contributed by atoms with E-state index < -0.39 is 0 Å². The lowest BCUT2D eigenvalue weighted by Crippen LogP contribution is -2.31. The number of carbonyl (C=O) groups excluding carboxylic acids is 1. The maximum Gasteiger partial charge on any atom is 0.224 e. The van der Waals surface area contributed by atoms with Crippen molar-refractivity contribution >= 4 is 41.5 Å². The van der Waals surface area contributed by atoms with Gasteiger partial charge in [-0.3, -0.25) is 4.79 Å². The van der Waals surface area contributed by atoms with E-state index in [2.05, 4.69) is 10.6 Å². The van der Waals surface area contributed by atoms with Gasteiger partial charge in [0, 0.05) is 23.1 Å². The Hall–Kier alpha value is -0.480. The highest BCUT2D eigenvalue weighted by atomic mass is 35.5. The Kier molecular flexibility index (Phi) is 8.35. The zero-order valence-electron chi connectivity index (χ0n) is 9.43. The zero-order chi connectivity index (χ0) is 12.0. The van der Waals surface area contributed by atoms with E-state index in [1.165, 1.54) is 0 Å². The second-order valence-electron chi connectivity index (χ2n) is 3.37. The highest BCUT2D eigenvalue weighted by Crippen LogP contribution is 2.21. The number of rotatable bonds is 5. The third kappa shape index (κ3) is 6.13. The Morgan fingerprint density at radius 3 is 2.59 bits per heavy atom. The lowest BCUT2D eigenvalue weighted by molar-refractivity contribution is -0.120. The smallest absolute Gasteiger partial charge is 0.224 e. The van der Waals surface area contributed by atoms with Crippen molar-refractivity contribution in [2.24, 2.45) is 0 Å². The molecule has 0 spiro atoms. The van der Waals surface area contributed by atoms with Crippen molar-refractivity contribution in [3.8, 4) is 0 Å². The minimum absolute atomic E-state index is 0. The van der Waals surface area contributed by atoms with Crippen LogP contribution in [0.1, 0.15) is 5.56 Å². The van der Waals surface area contributed by atoms with E-state index in [1.807, 2.05) is 7.05 Å². The third-order valence-electron chi connectivity index (χ3n) is 2.06. The van der Waals surface area contributed by atoms with Gasteiger partial charge < -0.3 is 10.6 Å². The van der Waals surface area contributed by atoms with Crippen LogP contribution >= 0.6 is 35.6 Å². The molecule has 0 saturated carbocycles. The van der Waals surface area contributed by atoms with Crippen molar-refractivity contribution in [2.75, 3.05) is 20.1 Å². The summed E-state index contributed by atoms with van der Waals surface area (Å²) < 4.78 is 0. The van der Waals surface area contributed by atoms with Crippen molar-refractivity contribution in [3.63, 3.8) is 0 Å². The molecule has 6 heteroatoms. The van der Waals surface area contributed by atoms with Crippen LogP contribution < -0.4 is 10.6 Å². The summed E-state index contributed by atoms with van der Waals surface area (Å²) in [6.45, 7) is 1.36. The molecular formula is C11H15Cl3N2O. The van der Waals surface area contributed by atoms with Crippen molar-refractivity contribution in [1.82, 2.24) is 10.6 Å². The highest BCUT2D eigenvalue weighted by molar-refractivity contribution is 6.35. The molecule has 0 saturated heterocycles. The summed E-state index contributed by atoms with van der Waals surface area (Å²) in [5, 5.41) is 6.83. The summed E-state index contributed by atoms with van der Waals surface area (Å²) in [7, 11) is 1.84. The SMILES string of the molecule is CNCCNC(=O)Cc1ccc(Cl)cc1Cl.Cl. The Morgan fingerprint density at radius 1 is 1.29 bits per heavy atom. The molecule has 1 rings (SSSR count).